The molecule has 0 aliphatic carbocycles. The average Bonchev–Trinajstić information content (AvgIpc) is 3.10. The third-order valence-corrected chi connectivity index (χ3v) is 4.69. The Morgan fingerprint density at radius 1 is 1.25 bits per heavy atom. The van der Waals surface area contributed by atoms with E-state index in [1.54, 1.807) is 0 Å². The van der Waals surface area contributed by atoms with E-state index in [0.29, 0.717) is 28.5 Å². The van der Waals surface area contributed by atoms with E-state index in [4.69, 9.17) is 15.6 Å². The standard InChI is InChI=1S/C13H19N5O5S/c14-10-7-11(17-13(16-10)24-3-1-2-19)18(5-15-7)12-9(22)8(21)6(4-20)23-12/h5-6,8-9,12,19-22H,1-4H2,(H2,14,16,17)/t6-,8-,9-,12-/m1/s1. The van der Waals surface area contributed by atoms with Crippen molar-refractivity contribution in [3.63, 3.8) is 0 Å². The zero-order chi connectivity index (χ0) is 17.3. The van der Waals surface area contributed by atoms with Crippen LogP contribution in [-0.2, 0) is 4.74 Å². The maximum atomic E-state index is 10.2. The minimum absolute atomic E-state index is 0.0746. The average molecular weight is 357 g/mol. The molecule has 11 heteroatoms. The van der Waals surface area contributed by atoms with Gasteiger partial charge in [0.05, 0.1) is 12.9 Å². The SMILES string of the molecule is Nc1nc(SCCCO)nc2c1ncn2[C@@H]1O[C@H](CO)[C@@H](O)[C@H]1O. The lowest BCUT2D eigenvalue weighted by atomic mass is 10.1. The molecule has 10 nitrogen and oxygen atoms in total. The fraction of sp³-hybridized carbons (Fsp3) is 0.615. The van der Waals surface area contributed by atoms with Crippen molar-refractivity contribution in [2.75, 3.05) is 24.7 Å². The monoisotopic (exact) mass is 357 g/mol. The molecular formula is C13H19N5O5S. The van der Waals surface area contributed by atoms with E-state index >= 15 is 0 Å². The zero-order valence-corrected chi connectivity index (χ0v) is 13.5. The molecule has 0 bridgehead atoms. The van der Waals surface area contributed by atoms with Crippen LogP contribution in [0.25, 0.3) is 11.2 Å². The molecule has 3 rings (SSSR count). The van der Waals surface area contributed by atoms with Crippen molar-refractivity contribution in [1.29, 1.82) is 0 Å². The summed E-state index contributed by atoms with van der Waals surface area (Å²) in [7, 11) is 0. The number of rotatable bonds is 6. The number of hydrogen-bond donors (Lipinski definition) is 5. The van der Waals surface area contributed by atoms with E-state index in [0.717, 1.165) is 0 Å². The lowest BCUT2D eigenvalue weighted by molar-refractivity contribution is -0.0511. The molecular weight excluding hydrogens is 338 g/mol. The van der Waals surface area contributed by atoms with E-state index in [9.17, 15) is 15.3 Å². The van der Waals surface area contributed by atoms with E-state index < -0.39 is 31.1 Å². The second kappa shape index (κ2) is 7.17. The van der Waals surface area contributed by atoms with Crippen LogP contribution >= 0.6 is 11.8 Å². The Kier molecular flexibility index (Phi) is 5.18. The number of ether oxygens (including phenoxy) is 1. The van der Waals surface area contributed by atoms with Crippen LogP contribution in [0, 0.1) is 0 Å². The van der Waals surface area contributed by atoms with Crippen LogP contribution in [0.3, 0.4) is 0 Å². The van der Waals surface area contributed by atoms with Crippen LogP contribution in [0.5, 0.6) is 0 Å². The van der Waals surface area contributed by atoms with Crippen LogP contribution in [-0.4, -0.2) is 77.2 Å². The van der Waals surface area contributed by atoms with Gasteiger partial charge in [-0.2, -0.15) is 0 Å². The summed E-state index contributed by atoms with van der Waals surface area (Å²) in [6.07, 6.45) is -2.28. The number of aliphatic hydroxyl groups is 4. The molecule has 0 amide bonds. The number of thioether (sulfide) groups is 1. The molecule has 132 valence electrons. The first-order chi connectivity index (χ1) is 11.6. The molecule has 0 aromatic carbocycles. The molecule has 2 aromatic heterocycles. The summed E-state index contributed by atoms with van der Waals surface area (Å²) in [5.41, 5.74) is 6.63. The number of hydrogen-bond acceptors (Lipinski definition) is 10. The van der Waals surface area contributed by atoms with E-state index in [-0.39, 0.29) is 12.4 Å². The molecule has 3 heterocycles. The zero-order valence-electron chi connectivity index (χ0n) is 12.7. The number of fused-ring (bicyclic) bond motifs is 1. The molecule has 1 aliphatic rings. The highest BCUT2D eigenvalue weighted by Crippen LogP contribution is 2.32. The van der Waals surface area contributed by atoms with Gasteiger partial charge in [0.1, 0.15) is 23.8 Å². The van der Waals surface area contributed by atoms with Gasteiger partial charge in [-0.25, -0.2) is 15.0 Å². The Hall–Kier alpha value is -1.50. The third-order valence-electron chi connectivity index (χ3n) is 3.75. The van der Waals surface area contributed by atoms with Crippen LogP contribution in [0.1, 0.15) is 12.6 Å². The topological polar surface area (TPSA) is 160 Å². The predicted octanol–water partition coefficient (Wildman–Crippen LogP) is -1.51. The molecule has 2 aromatic rings. The lowest BCUT2D eigenvalue weighted by Gasteiger charge is -2.16. The quantitative estimate of drug-likeness (QED) is 0.234. The summed E-state index contributed by atoms with van der Waals surface area (Å²) in [6, 6.07) is 0. The van der Waals surface area contributed by atoms with E-state index in [2.05, 4.69) is 15.0 Å². The summed E-state index contributed by atoms with van der Waals surface area (Å²) in [4.78, 5) is 12.7. The first kappa shape index (κ1) is 17.3. The normalized spacial score (nSPS) is 27.2. The number of aromatic nitrogens is 4. The maximum absolute atomic E-state index is 10.2. The molecule has 0 radical (unpaired) electrons. The Morgan fingerprint density at radius 2 is 2.04 bits per heavy atom. The summed E-state index contributed by atoms with van der Waals surface area (Å²) in [5.74, 6) is 0.820. The van der Waals surface area contributed by atoms with Crippen LogP contribution in [0.2, 0.25) is 0 Å². The Bertz CT molecular complexity index is 713. The van der Waals surface area contributed by atoms with Gasteiger partial charge in [0.2, 0.25) is 0 Å². The molecule has 4 atom stereocenters. The van der Waals surface area contributed by atoms with Crippen molar-refractivity contribution in [2.24, 2.45) is 0 Å². The smallest absolute Gasteiger partial charge is 0.191 e. The number of aliphatic hydroxyl groups excluding tert-OH is 4. The number of nitrogens with two attached hydrogens (primary N) is 1. The summed E-state index contributed by atoms with van der Waals surface area (Å²) >= 11 is 1.34. The largest absolute Gasteiger partial charge is 0.396 e. The number of nitrogens with zero attached hydrogens (tertiary/aromatic N) is 4. The van der Waals surface area contributed by atoms with Crippen molar-refractivity contribution in [1.82, 2.24) is 19.5 Å². The Labute approximate surface area is 141 Å². The molecule has 0 saturated carbocycles. The second-order valence-electron chi connectivity index (χ2n) is 5.37. The summed E-state index contributed by atoms with van der Waals surface area (Å²) < 4.78 is 6.96. The van der Waals surface area contributed by atoms with Gasteiger partial charge >= 0.3 is 0 Å². The van der Waals surface area contributed by atoms with E-state index in [1.807, 2.05) is 0 Å². The van der Waals surface area contributed by atoms with Gasteiger partial charge < -0.3 is 30.9 Å². The minimum Gasteiger partial charge on any atom is -0.396 e. The summed E-state index contributed by atoms with van der Waals surface area (Å²) in [5, 5.41) is 38.5. The number of imidazole rings is 1. The highest BCUT2D eigenvalue weighted by molar-refractivity contribution is 7.99. The first-order valence-corrected chi connectivity index (χ1v) is 8.41. The van der Waals surface area contributed by atoms with Crippen LogP contribution in [0.4, 0.5) is 5.82 Å². The van der Waals surface area contributed by atoms with Crippen LogP contribution in [0.15, 0.2) is 11.5 Å². The van der Waals surface area contributed by atoms with Crippen molar-refractivity contribution < 1.29 is 25.2 Å². The highest BCUT2D eigenvalue weighted by atomic mass is 32.2. The van der Waals surface area contributed by atoms with Crippen molar-refractivity contribution in [3.05, 3.63) is 6.33 Å². The Balaban J connectivity index is 1.94. The van der Waals surface area contributed by atoms with Gasteiger partial charge in [0, 0.05) is 12.4 Å². The Morgan fingerprint density at radius 3 is 2.71 bits per heavy atom. The van der Waals surface area contributed by atoms with Crippen molar-refractivity contribution >= 4 is 28.7 Å². The highest BCUT2D eigenvalue weighted by Gasteiger charge is 2.44. The lowest BCUT2D eigenvalue weighted by Crippen LogP contribution is -2.33. The number of anilines is 1. The number of nitrogen functional groups attached to an aromatic ring is 1. The molecule has 24 heavy (non-hydrogen) atoms. The third kappa shape index (κ3) is 3.06. The van der Waals surface area contributed by atoms with Gasteiger partial charge in [-0.15, -0.1) is 0 Å². The van der Waals surface area contributed by atoms with Crippen molar-refractivity contribution in [3.8, 4) is 0 Å². The molecule has 0 spiro atoms. The molecule has 1 fully saturated rings. The predicted molar refractivity (Wildman–Crippen MR) is 85.2 cm³/mol. The molecule has 1 aliphatic heterocycles. The first-order valence-electron chi connectivity index (χ1n) is 7.43. The van der Waals surface area contributed by atoms with Gasteiger partial charge in [-0.3, -0.25) is 4.57 Å². The van der Waals surface area contributed by atoms with Crippen molar-refractivity contribution in [2.45, 2.75) is 36.1 Å². The molecule has 6 N–H and O–H groups in total. The fourth-order valence-electron chi connectivity index (χ4n) is 2.51. The maximum Gasteiger partial charge on any atom is 0.191 e. The molecule has 0 unspecified atom stereocenters. The fourth-order valence-corrected chi connectivity index (χ4v) is 3.28. The van der Waals surface area contributed by atoms with Gasteiger partial charge in [0.15, 0.2) is 22.8 Å². The van der Waals surface area contributed by atoms with Gasteiger partial charge in [-0.05, 0) is 6.42 Å². The molecule has 1 saturated heterocycles. The van der Waals surface area contributed by atoms with Gasteiger partial charge in [-0.1, -0.05) is 11.8 Å². The second-order valence-corrected chi connectivity index (χ2v) is 6.43. The minimum atomic E-state index is -1.23. The van der Waals surface area contributed by atoms with Crippen LogP contribution < -0.4 is 5.73 Å². The summed E-state index contributed by atoms with van der Waals surface area (Å²) in [6.45, 7) is -0.341. The van der Waals surface area contributed by atoms with Gasteiger partial charge in [0.25, 0.3) is 0 Å². The van der Waals surface area contributed by atoms with E-state index in [1.165, 1.54) is 22.7 Å².